The van der Waals surface area contributed by atoms with Gasteiger partial charge in [0.2, 0.25) is 0 Å². The van der Waals surface area contributed by atoms with Crippen molar-refractivity contribution in [1.29, 1.82) is 0 Å². The number of hydrogen-bond donors (Lipinski definition) is 2. The Hall–Kier alpha value is -0.120. The minimum Gasteiger partial charge on any atom is -0.396 e. The van der Waals surface area contributed by atoms with Crippen LogP contribution in [0.3, 0.4) is 0 Å². The van der Waals surface area contributed by atoms with Crippen molar-refractivity contribution < 1.29 is 5.11 Å². The van der Waals surface area contributed by atoms with Gasteiger partial charge in [0, 0.05) is 31.8 Å². The third kappa shape index (κ3) is 5.80. The van der Waals surface area contributed by atoms with E-state index in [9.17, 15) is 0 Å². The summed E-state index contributed by atoms with van der Waals surface area (Å²) in [6.45, 7) is 12.7. The van der Waals surface area contributed by atoms with E-state index < -0.39 is 0 Å². The molecule has 114 valence electrons. The molecule has 1 saturated carbocycles. The van der Waals surface area contributed by atoms with Gasteiger partial charge in [-0.2, -0.15) is 0 Å². The van der Waals surface area contributed by atoms with E-state index in [4.69, 9.17) is 5.11 Å². The molecule has 1 rings (SSSR count). The molecule has 3 unspecified atom stereocenters. The van der Waals surface area contributed by atoms with Crippen molar-refractivity contribution in [3.05, 3.63) is 0 Å². The van der Waals surface area contributed by atoms with Gasteiger partial charge in [-0.1, -0.05) is 13.8 Å². The van der Waals surface area contributed by atoms with E-state index in [0.29, 0.717) is 18.7 Å². The highest BCUT2D eigenvalue weighted by Crippen LogP contribution is 2.30. The number of aliphatic hydroxyl groups is 1. The molecule has 0 saturated heterocycles. The van der Waals surface area contributed by atoms with E-state index in [2.05, 4.69) is 37.9 Å². The summed E-state index contributed by atoms with van der Waals surface area (Å²) in [7, 11) is 0. The molecule has 0 aromatic heterocycles. The molecule has 3 atom stereocenters. The lowest BCUT2D eigenvalue weighted by molar-refractivity contribution is 0.117. The predicted molar refractivity (Wildman–Crippen MR) is 82.4 cm³/mol. The summed E-state index contributed by atoms with van der Waals surface area (Å²) in [6, 6.07) is 1.27. The summed E-state index contributed by atoms with van der Waals surface area (Å²) in [5.74, 6) is 1.64. The van der Waals surface area contributed by atoms with Crippen molar-refractivity contribution in [2.24, 2.45) is 11.8 Å². The molecule has 2 N–H and O–H groups in total. The Kier molecular flexibility index (Phi) is 7.96. The first-order valence-corrected chi connectivity index (χ1v) is 8.16. The van der Waals surface area contributed by atoms with Crippen molar-refractivity contribution in [3.63, 3.8) is 0 Å². The molecule has 3 heteroatoms. The molecule has 0 radical (unpaired) electrons. The second kappa shape index (κ2) is 8.93. The average Bonchev–Trinajstić information content (AvgIpc) is 2.37. The lowest BCUT2D eigenvalue weighted by Crippen LogP contribution is -2.47. The van der Waals surface area contributed by atoms with Gasteiger partial charge in [-0.3, -0.25) is 0 Å². The molecular formula is C16H34N2O. The van der Waals surface area contributed by atoms with Crippen LogP contribution in [-0.2, 0) is 0 Å². The largest absolute Gasteiger partial charge is 0.396 e. The molecule has 0 aromatic rings. The molecule has 0 amide bonds. The first-order valence-electron chi connectivity index (χ1n) is 8.16. The maximum absolute atomic E-state index is 9.04. The second-order valence-corrected chi connectivity index (χ2v) is 6.51. The third-order valence-corrected chi connectivity index (χ3v) is 4.51. The van der Waals surface area contributed by atoms with Gasteiger partial charge >= 0.3 is 0 Å². The van der Waals surface area contributed by atoms with Crippen LogP contribution in [0.2, 0.25) is 0 Å². The van der Waals surface area contributed by atoms with Gasteiger partial charge in [-0.25, -0.2) is 0 Å². The first-order chi connectivity index (χ1) is 9.08. The number of hydrogen-bond acceptors (Lipinski definition) is 3. The lowest BCUT2D eigenvalue weighted by atomic mass is 9.78. The fourth-order valence-electron chi connectivity index (χ4n) is 3.37. The zero-order chi connectivity index (χ0) is 14.3. The topological polar surface area (TPSA) is 35.5 Å². The van der Waals surface area contributed by atoms with Crippen LogP contribution in [0.4, 0.5) is 0 Å². The summed E-state index contributed by atoms with van der Waals surface area (Å²) in [5.41, 5.74) is 0. The molecular weight excluding hydrogens is 236 g/mol. The van der Waals surface area contributed by atoms with Crippen LogP contribution >= 0.6 is 0 Å². The van der Waals surface area contributed by atoms with Crippen LogP contribution < -0.4 is 5.32 Å². The maximum Gasteiger partial charge on any atom is 0.0443 e. The minimum absolute atomic E-state index is 0.306. The molecule has 0 bridgehead atoms. The van der Waals surface area contributed by atoms with Gasteiger partial charge in [0.1, 0.15) is 0 Å². The van der Waals surface area contributed by atoms with Gasteiger partial charge in [0.15, 0.2) is 0 Å². The monoisotopic (exact) mass is 270 g/mol. The van der Waals surface area contributed by atoms with Gasteiger partial charge in [0.25, 0.3) is 0 Å². The fraction of sp³-hybridized carbons (Fsp3) is 1.00. The van der Waals surface area contributed by atoms with E-state index in [1.807, 2.05) is 0 Å². The molecule has 0 spiro atoms. The Morgan fingerprint density at radius 2 is 2.05 bits per heavy atom. The summed E-state index contributed by atoms with van der Waals surface area (Å²) in [4.78, 5) is 2.54. The van der Waals surface area contributed by atoms with Crippen LogP contribution in [0, 0.1) is 11.8 Å². The van der Waals surface area contributed by atoms with Crippen molar-refractivity contribution >= 4 is 0 Å². The van der Waals surface area contributed by atoms with E-state index in [0.717, 1.165) is 31.3 Å². The number of aliphatic hydroxyl groups excluding tert-OH is 1. The maximum atomic E-state index is 9.04. The summed E-state index contributed by atoms with van der Waals surface area (Å²) < 4.78 is 0. The minimum atomic E-state index is 0.306. The Bertz CT molecular complexity index is 233. The van der Waals surface area contributed by atoms with E-state index in [1.54, 1.807) is 0 Å². The lowest BCUT2D eigenvalue weighted by Gasteiger charge is -2.39. The number of nitrogens with zero attached hydrogens (tertiary/aromatic N) is 1. The molecule has 0 aromatic carbocycles. The molecule has 1 aliphatic rings. The summed E-state index contributed by atoms with van der Waals surface area (Å²) in [6.07, 6.45) is 4.93. The zero-order valence-corrected chi connectivity index (χ0v) is 13.4. The smallest absolute Gasteiger partial charge is 0.0443 e. The van der Waals surface area contributed by atoms with E-state index >= 15 is 0 Å². The standard InChI is InChI=1S/C16H34N2O/c1-5-17-16-8-7-14(4)11-15(16)12-18(13(2)3)9-6-10-19/h13-17,19H,5-12H2,1-4H3. The first kappa shape index (κ1) is 16.9. The molecule has 1 aliphatic carbocycles. The molecule has 0 aliphatic heterocycles. The van der Waals surface area contributed by atoms with E-state index in [1.165, 1.54) is 25.8 Å². The molecule has 3 nitrogen and oxygen atoms in total. The Labute approximate surface area is 119 Å². The number of rotatable bonds is 8. The molecule has 1 fully saturated rings. The Morgan fingerprint density at radius 3 is 2.63 bits per heavy atom. The Morgan fingerprint density at radius 1 is 1.32 bits per heavy atom. The highest BCUT2D eigenvalue weighted by atomic mass is 16.3. The highest BCUT2D eigenvalue weighted by molar-refractivity contribution is 4.86. The van der Waals surface area contributed by atoms with Crippen LogP contribution in [0.5, 0.6) is 0 Å². The SMILES string of the molecule is CCNC1CCC(C)CC1CN(CCCO)C(C)C. The Balaban J connectivity index is 2.56. The van der Waals surface area contributed by atoms with Crippen molar-refractivity contribution in [2.75, 3.05) is 26.2 Å². The summed E-state index contributed by atoms with van der Waals surface area (Å²) in [5, 5.41) is 12.7. The van der Waals surface area contributed by atoms with Gasteiger partial charge in [-0.15, -0.1) is 0 Å². The van der Waals surface area contributed by atoms with Crippen LogP contribution in [0.1, 0.15) is 53.4 Å². The molecule has 0 heterocycles. The van der Waals surface area contributed by atoms with Crippen molar-refractivity contribution in [2.45, 2.75) is 65.5 Å². The third-order valence-electron chi connectivity index (χ3n) is 4.51. The van der Waals surface area contributed by atoms with Gasteiger partial charge in [-0.05, 0) is 57.9 Å². The van der Waals surface area contributed by atoms with Crippen LogP contribution in [-0.4, -0.2) is 48.3 Å². The summed E-state index contributed by atoms with van der Waals surface area (Å²) >= 11 is 0. The van der Waals surface area contributed by atoms with E-state index in [-0.39, 0.29) is 0 Å². The number of nitrogens with one attached hydrogen (secondary N) is 1. The fourth-order valence-corrected chi connectivity index (χ4v) is 3.37. The van der Waals surface area contributed by atoms with Crippen molar-refractivity contribution in [1.82, 2.24) is 10.2 Å². The van der Waals surface area contributed by atoms with Crippen LogP contribution in [0.15, 0.2) is 0 Å². The van der Waals surface area contributed by atoms with Crippen molar-refractivity contribution in [3.8, 4) is 0 Å². The quantitative estimate of drug-likeness (QED) is 0.711. The second-order valence-electron chi connectivity index (χ2n) is 6.51. The highest BCUT2D eigenvalue weighted by Gasteiger charge is 2.29. The normalized spacial score (nSPS) is 28.3. The van der Waals surface area contributed by atoms with Gasteiger partial charge < -0.3 is 15.3 Å². The van der Waals surface area contributed by atoms with Crippen LogP contribution in [0.25, 0.3) is 0 Å². The average molecular weight is 270 g/mol. The zero-order valence-electron chi connectivity index (χ0n) is 13.4. The predicted octanol–water partition coefficient (Wildman–Crippen LogP) is 2.49. The molecule has 19 heavy (non-hydrogen) atoms. The van der Waals surface area contributed by atoms with Gasteiger partial charge in [0.05, 0.1) is 0 Å².